The van der Waals surface area contributed by atoms with Crippen molar-refractivity contribution in [1.29, 1.82) is 0 Å². The van der Waals surface area contributed by atoms with Crippen molar-refractivity contribution >= 4 is 5.97 Å². The molecule has 1 aromatic rings. The van der Waals surface area contributed by atoms with Crippen LogP contribution in [0.4, 0.5) is 13.2 Å². The van der Waals surface area contributed by atoms with Crippen LogP contribution in [0.5, 0.6) is 0 Å². The van der Waals surface area contributed by atoms with Crippen molar-refractivity contribution in [3.05, 3.63) is 17.5 Å². The minimum Gasteiger partial charge on any atom is -0.477 e. The summed E-state index contributed by atoms with van der Waals surface area (Å²) in [7, 11) is 0. The Morgan fingerprint density at radius 3 is 2.40 bits per heavy atom. The third-order valence-corrected chi connectivity index (χ3v) is 1.79. The summed E-state index contributed by atoms with van der Waals surface area (Å²) in [5.74, 6) is -1.63. The van der Waals surface area contributed by atoms with E-state index >= 15 is 0 Å². The molecular formula is C8H9F3N2O2. The molecule has 0 atom stereocenters. The highest BCUT2D eigenvalue weighted by Crippen LogP contribution is 2.32. The van der Waals surface area contributed by atoms with Gasteiger partial charge >= 0.3 is 12.1 Å². The second-order valence-corrected chi connectivity index (χ2v) is 3.25. The van der Waals surface area contributed by atoms with Crippen LogP contribution in [0, 0.1) is 0 Å². The summed E-state index contributed by atoms with van der Waals surface area (Å²) in [5.41, 5.74) is -2.04. The lowest BCUT2D eigenvalue weighted by Crippen LogP contribution is -2.17. The van der Waals surface area contributed by atoms with Crippen LogP contribution >= 0.6 is 0 Å². The van der Waals surface area contributed by atoms with Gasteiger partial charge in [-0.15, -0.1) is 0 Å². The van der Waals surface area contributed by atoms with Gasteiger partial charge in [0.2, 0.25) is 0 Å². The lowest BCUT2D eigenvalue weighted by Gasteiger charge is -2.10. The molecule has 0 aliphatic carbocycles. The molecule has 0 bridgehead atoms. The van der Waals surface area contributed by atoms with Gasteiger partial charge in [0.25, 0.3) is 0 Å². The molecule has 0 spiro atoms. The molecule has 0 unspecified atom stereocenters. The van der Waals surface area contributed by atoms with Gasteiger partial charge in [0.05, 0.1) is 6.20 Å². The lowest BCUT2D eigenvalue weighted by molar-refractivity contribution is -0.138. The maximum atomic E-state index is 12.4. The van der Waals surface area contributed by atoms with Crippen molar-refractivity contribution in [1.82, 2.24) is 9.78 Å². The second kappa shape index (κ2) is 3.56. The van der Waals surface area contributed by atoms with Crippen LogP contribution < -0.4 is 0 Å². The van der Waals surface area contributed by atoms with Gasteiger partial charge in [0.15, 0.2) is 5.69 Å². The number of carbonyl (C=O) groups is 1. The number of alkyl halides is 3. The van der Waals surface area contributed by atoms with Gasteiger partial charge in [-0.3, -0.25) is 4.68 Å². The summed E-state index contributed by atoms with van der Waals surface area (Å²) < 4.78 is 37.9. The fourth-order valence-electron chi connectivity index (χ4n) is 1.17. The van der Waals surface area contributed by atoms with Crippen LogP contribution in [0.15, 0.2) is 6.20 Å². The molecule has 0 amide bonds. The van der Waals surface area contributed by atoms with E-state index in [1.165, 1.54) is 0 Å². The standard InChI is InChI=1S/C8H9F3N2O2/c1-4(2)13-6(7(14)15)5(3-12-13)8(9,10)11/h3-4H,1-2H3,(H,14,15). The summed E-state index contributed by atoms with van der Waals surface area (Å²) in [4.78, 5) is 10.7. The molecule has 1 heterocycles. The zero-order chi connectivity index (χ0) is 11.8. The van der Waals surface area contributed by atoms with Gasteiger partial charge in [-0.25, -0.2) is 4.79 Å². The van der Waals surface area contributed by atoms with E-state index in [2.05, 4.69) is 5.10 Å². The van der Waals surface area contributed by atoms with Crippen LogP contribution in [-0.2, 0) is 6.18 Å². The molecule has 1 N–H and O–H groups in total. The molecule has 7 heteroatoms. The summed E-state index contributed by atoms with van der Waals surface area (Å²) in [6.07, 6.45) is -4.16. The molecular weight excluding hydrogens is 213 g/mol. The summed E-state index contributed by atoms with van der Waals surface area (Å²) in [6, 6.07) is -0.438. The molecule has 0 aliphatic heterocycles. The Hall–Kier alpha value is -1.53. The highest BCUT2D eigenvalue weighted by atomic mass is 19.4. The zero-order valence-electron chi connectivity index (χ0n) is 8.04. The Bertz CT molecular complexity index is 382. The van der Waals surface area contributed by atoms with Crippen LogP contribution in [0.1, 0.15) is 35.9 Å². The maximum Gasteiger partial charge on any atom is 0.420 e. The SMILES string of the molecule is CC(C)n1ncc(C(F)(F)F)c1C(=O)O. The van der Waals surface area contributed by atoms with E-state index in [4.69, 9.17) is 5.11 Å². The van der Waals surface area contributed by atoms with Crippen LogP contribution in [0.25, 0.3) is 0 Å². The molecule has 15 heavy (non-hydrogen) atoms. The van der Waals surface area contributed by atoms with Gasteiger partial charge in [-0.05, 0) is 13.8 Å². The average molecular weight is 222 g/mol. The number of nitrogens with zero attached hydrogens (tertiary/aromatic N) is 2. The topological polar surface area (TPSA) is 55.1 Å². The van der Waals surface area contributed by atoms with Gasteiger partial charge < -0.3 is 5.11 Å². The Morgan fingerprint density at radius 2 is 2.07 bits per heavy atom. The van der Waals surface area contributed by atoms with E-state index in [0.29, 0.717) is 6.20 Å². The van der Waals surface area contributed by atoms with Gasteiger partial charge in [-0.2, -0.15) is 18.3 Å². The molecule has 1 rings (SSSR count). The van der Waals surface area contributed by atoms with Crippen LogP contribution in [-0.4, -0.2) is 20.9 Å². The molecule has 0 aromatic carbocycles. The minimum atomic E-state index is -4.69. The monoisotopic (exact) mass is 222 g/mol. The number of carboxylic acid groups (broad SMARTS) is 1. The Balaban J connectivity index is 3.37. The third kappa shape index (κ3) is 2.11. The predicted molar refractivity (Wildman–Crippen MR) is 44.6 cm³/mol. The predicted octanol–water partition coefficient (Wildman–Crippen LogP) is 2.18. The number of hydrogen-bond donors (Lipinski definition) is 1. The fourth-order valence-corrected chi connectivity index (χ4v) is 1.17. The van der Waals surface area contributed by atoms with Gasteiger partial charge in [-0.1, -0.05) is 0 Å². The number of carboxylic acids is 1. The fraction of sp³-hybridized carbons (Fsp3) is 0.500. The third-order valence-electron chi connectivity index (χ3n) is 1.79. The number of aromatic nitrogens is 2. The van der Waals surface area contributed by atoms with Crippen molar-refractivity contribution < 1.29 is 23.1 Å². The number of hydrogen-bond acceptors (Lipinski definition) is 2. The molecule has 1 aromatic heterocycles. The zero-order valence-corrected chi connectivity index (χ0v) is 8.04. The first-order valence-corrected chi connectivity index (χ1v) is 4.13. The van der Waals surface area contributed by atoms with Gasteiger partial charge in [0.1, 0.15) is 5.56 Å². The van der Waals surface area contributed by atoms with Crippen LogP contribution in [0.2, 0.25) is 0 Å². The van der Waals surface area contributed by atoms with E-state index in [-0.39, 0.29) is 0 Å². The smallest absolute Gasteiger partial charge is 0.420 e. The summed E-state index contributed by atoms with van der Waals surface area (Å²) >= 11 is 0. The molecule has 84 valence electrons. The first kappa shape index (κ1) is 11.5. The van der Waals surface area contributed by atoms with Crippen molar-refractivity contribution in [3.8, 4) is 0 Å². The largest absolute Gasteiger partial charge is 0.477 e. The van der Waals surface area contributed by atoms with E-state index in [9.17, 15) is 18.0 Å². The number of halogens is 3. The minimum absolute atomic E-state index is 0.438. The normalized spacial score (nSPS) is 12.1. The second-order valence-electron chi connectivity index (χ2n) is 3.25. The van der Waals surface area contributed by atoms with Crippen molar-refractivity contribution in [3.63, 3.8) is 0 Å². The van der Waals surface area contributed by atoms with Crippen molar-refractivity contribution in [2.45, 2.75) is 26.1 Å². The number of aromatic carboxylic acids is 1. The number of rotatable bonds is 2. The quantitative estimate of drug-likeness (QED) is 0.834. The average Bonchev–Trinajstić information content (AvgIpc) is 2.45. The van der Waals surface area contributed by atoms with Crippen molar-refractivity contribution in [2.24, 2.45) is 0 Å². The van der Waals surface area contributed by atoms with Crippen LogP contribution in [0.3, 0.4) is 0 Å². The van der Waals surface area contributed by atoms with E-state index < -0.39 is 29.4 Å². The highest BCUT2D eigenvalue weighted by molar-refractivity contribution is 5.87. The molecule has 0 fully saturated rings. The summed E-state index contributed by atoms with van der Waals surface area (Å²) in [6.45, 7) is 3.11. The lowest BCUT2D eigenvalue weighted by atomic mass is 10.2. The molecule has 0 saturated heterocycles. The molecule has 0 radical (unpaired) electrons. The van der Waals surface area contributed by atoms with E-state index in [0.717, 1.165) is 4.68 Å². The molecule has 0 saturated carbocycles. The van der Waals surface area contributed by atoms with E-state index in [1.807, 2.05) is 0 Å². The van der Waals surface area contributed by atoms with E-state index in [1.54, 1.807) is 13.8 Å². The first-order chi connectivity index (χ1) is 6.75. The Morgan fingerprint density at radius 1 is 1.53 bits per heavy atom. The Kier molecular flexibility index (Phi) is 2.74. The van der Waals surface area contributed by atoms with Gasteiger partial charge in [0, 0.05) is 6.04 Å². The molecule has 0 aliphatic rings. The van der Waals surface area contributed by atoms with Crippen molar-refractivity contribution in [2.75, 3.05) is 0 Å². The molecule has 4 nitrogen and oxygen atoms in total. The maximum absolute atomic E-state index is 12.4. The Labute approximate surface area is 83.3 Å². The first-order valence-electron chi connectivity index (χ1n) is 4.13. The highest BCUT2D eigenvalue weighted by Gasteiger charge is 2.38. The summed E-state index contributed by atoms with van der Waals surface area (Å²) in [5, 5.41) is 12.1.